The molecule has 5 nitrogen and oxygen atoms in total. The topological polar surface area (TPSA) is 64.7 Å². The molecule has 0 saturated carbocycles. The standard InChI is InChI=1S/C6H2BrIN4O/c7-3-1-9-2-10-4(3)5-11-6(8)12-13-5/h1-2H. The minimum atomic E-state index is 0.388. The summed E-state index contributed by atoms with van der Waals surface area (Å²) in [4.78, 5) is 11.9. The summed E-state index contributed by atoms with van der Waals surface area (Å²) in [6.45, 7) is 0. The highest BCUT2D eigenvalue weighted by molar-refractivity contribution is 14.1. The Morgan fingerprint density at radius 3 is 2.92 bits per heavy atom. The number of nitrogens with zero attached hydrogens (tertiary/aromatic N) is 4. The van der Waals surface area contributed by atoms with Crippen molar-refractivity contribution in [1.29, 1.82) is 0 Å². The lowest BCUT2D eigenvalue weighted by Gasteiger charge is -1.93. The van der Waals surface area contributed by atoms with E-state index >= 15 is 0 Å². The van der Waals surface area contributed by atoms with Gasteiger partial charge in [0.1, 0.15) is 12.0 Å². The number of halogens is 2. The van der Waals surface area contributed by atoms with Crippen LogP contribution in [0.5, 0.6) is 0 Å². The normalized spacial score (nSPS) is 10.3. The van der Waals surface area contributed by atoms with Crippen LogP contribution in [0, 0.1) is 3.83 Å². The zero-order valence-corrected chi connectivity index (χ0v) is 9.85. The van der Waals surface area contributed by atoms with E-state index in [1.165, 1.54) is 6.33 Å². The van der Waals surface area contributed by atoms with Crippen LogP contribution >= 0.6 is 38.5 Å². The van der Waals surface area contributed by atoms with Gasteiger partial charge in [-0.15, -0.1) is 0 Å². The predicted molar refractivity (Wildman–Crippen MR) is 55.7 cm³/mol. The van der Waals surface area contributed by atoms with Crippen molar-refractivity contribution in [1.82, 2.24) is 20.1 Å². The van der Waals surface area contributed by atoms with Crippen molar-refractivity contribution in [3.8, 4) is 11.6 Å². The molecule has 0 aliphatic heterocycles. The first-order chi connectivity index (χ1) is 6.27. The van der Waals surface area contributed by atoms with Crippen molar-refractivity contribution in [2.75, 3.05) is 0 Å². The van der Waals surface area contributed by atoms with Crippen molar-refractivity contribution in [2.45, 2.75) is 0 Å². The predicted octanol–water partition coefficient (Wildman–Crippen LogP) is 1.89. The Balaban J connectivity index is 2.52. The summed E-state index contributed by atoms with van der Waals surface area (Å²) in [7, 11) is 0. The van der Waals surface area contributed by atoms with Gasteiger partial charge in [0, 0.05) is 28.8 Å². The van der Waals surface area contributed by atoms with Gasteiger partial charge in [-0.25, -0.2) is 9.97 Å². The van der Waals surface area contributed by atoms with E-state index in [4.69, 9.17) is 4.52 Å². The Morgan fingerprint density at radius 2 is 2.31 bits per heavy atom. The summed E-state index contributed by atoms with van der Waals surface area (Å²) < 4.78 is 6.23. The third kappa shape index (κ3) is 1.85. The van der Waals surface area contributed by atoms with E-state index in [9.17, 15) is 0 Å². The summed E-state index contributed by atoms with van der Waals surface area (Å²) in [5, 5.41) is 3.65. The van der Waals surface area contributed by atoms with Gasteiger partial charge < -0.3 is 4.52 Å². The van der Waals surface area contributed by atoms with Crippen molar-refractivity contribution in [3.63, 3.8) is 0 Å². The third-order valence-electron chi connectivity index (χ3n) is 1.27. The fraction of sp³-hybridized carbons (Fsp3) is 0. The van der Waals surface area contributed by atoms with Crippen LogP contribution in [0.3, 0.4) is 0 Å². The first-order valence-electron chi connectivity index (χ1n) is 3.22. The monoisotopic (exact) mass is 352 g/mol. The minimum absolute atomic E-state index is 0.388. The maximum Gasteiger partial charge on any atom is 0.278 e. The zero-order chi connectivity index (χ0) is 9.26. The molecule has 0 radical (unpaired) electrons. The van der Waals surface area contributed by atoms with Gasteiger partial charge in [0.25, 0.3) is 5.89 Å². The molecule has 7 heteroatoms. The van der Waals surface area contributed by atoms with E-state index in [2.05, 4.69) is 36.0 Å². The number of rotatable bonds is 1. The van der Waals surface area contributed by atoms with Gasteiger partial charge in [-0.05, 0) is 15.9 Å². The fourth-order valence-electron chi connectivity index (χ4n) is 0.772. The highest BCUT2D eigenvalue weighted by Crippen LogP contribution is 2.22. The molecule has 0 spiro atoms. The number of hydrogen-bond donors (Lipinski definition) is 0. The Hall–Kier alpha value is -0.570. The second kappa shape index (κ2) is 3.66. The van der Waals surface area contributed by atoms with Crippen molar-refractivity contribution in [2.24, 2.45) is 0 Å². The summed E-state index contributed by atoms with van der Waals surface area (Å²) >= 11 is 5.25. The molecule has 0 aliphatic carbocycles. The SMILES string of the molecule is Brc1cncnc1-c1nc(I)no1. The van der Waals surface area contributed by atoms with Gasteiger partial charge >= 0.3 is 0 Å². The van der Waals surface area contributed by atoms with Crippen LogP contribution in [0.2, 0.25) is 0 Å². The van der Waals surface area contributed by atoms with Crippen molar-refractivity contribution < 1.29 is 4.52 Å². The van der Waals surface area contributed by atoms with Gasteiger partial charge in [0.15, 0.2) is 0 Å². The van der Waals surface area contributed by atoms with Crippen LogP contribution in [0.25, 0.3) is 11.6 Å². The molecule has 2 aromatic rings. The van der Waals surface area contributed by atoms with E-state index in [1.807, 2.05) is 22.6 Å². The first kappa shape index (κ1) is 9.00. The van der Waals surface area contributed by atoms with Gasteiger partial charge in [-0.3, -0.25) is 0 Å². The molecule has 0 amide bonds. The average molecular weight is 353 g/mol. The van der Waals surface area contributed by atoms with Crippen molar-refractivity contribution >= 4 is 38.5 Å². The molecule has 2 heterocycles. The summed E-state index contributed by atoms with van der Waals surface area (Å²) in [6, 6.07) is 0. The maximum atomic E-state index is 4.94. The molecule has 0 aromatic carbocycles. The van der Waals surface area contributed by atoms with Crippen molar-refractivity contribution in [3.05, 3.63) is 20.8 Å². The summed E-state index contributed by atoms with van der Waals surface area (Å²) in [5.74, 6) is 0.388. The Morgan fingerprint density at radius 1 is 1.46 bits per heavy atom. The van der Waals surface area contributed by atoms with Crippen LogP contribution in [-0.4, -0.2) is 20.1 Å². The van der Waals surface area contributed by atoms with Gasteiger partial charge in [0.2, 0.25) is 3.83 Å². The second-order valence-electron chi connectivity index (χ2n) is 2.09. The van der Waals surface area contributed by atoms with E-state index in [1.54, 1.807) is 6.20 Å². The largest absolute Gasteiger partial charge is 0.331 e. The van der Waals surface area contributed by atoms with E-state index in [0.717, 1.165) is 4.47 Å². The molecule has 0 aliphatic rings. The second-order valence-corrected chi connectivity index (χ2v) is 3.91. The van der Waals surface area contributed by atoms with E-state index in [0.29, 0.717) is 15.4 Å². The van der Waals surface area contributed by atoms with Crippen LogP contribution < -0.4 is 0 Å². The zero-order valence-electron chi connectivity index (χ0n) is 6.11. The Kier molecular flexibility index (Phi) is 2.54. The molecule has 0 unspecified atom stereocenters. The molecule has 0 saturated heterocycles. The molecule has 2 aromatic heterocycles. The number of hydrogen-bond acceptors (Lipinski definition) is 5. The van der Waals surface area contributed by atoms with Crippen LogP contribution in [-0.2, 0) is 0 Å². The maximum absolute atomic E-state index is 4.94. The molecule has 66 valence electrons. The lowest BCUT2D eigenvalue weighted by atomic mass is 10.4. The first-order valence-corrected chi connectivity index (χ1v) is 5.09. The summed E-state index contributed by atoms with van der Waals surface area (Å²) in [5.41, 5.74) is 0.602. The lowest BCUT2D eigenvalue weighted by molar-refractivity contribution is 0.424. The van der Waals surface area contributed by atoms with Crippen LogP contribution in [0.4, 0.5) is 0 Å². The van der Waals surface area contributed by atoms with Gasteiger partial charge in [-0.1, -0.05) is 5.16 Å². The molecule has 2 rings (SSSR count). The quantitative estimate of drug-likeness (QED) is 0.733. The minimum Gasteiger partial charge on any atom is -0.331 e. The van der Waals surface area contributed by atoms with Gasteiger partial charge in [-0.2, -0.15) is 4.98 Å². The Labute approximate surface area is 95.2 Å². The highest BCUT2D eigenvalue weighted by Gasteiger charge is 2.11. The highest BCUT2D eigenvalue weighted by atomic mass is 127. The fourth-order valence-corrected chi connectivity index (χ4v) is 1.48. The van der Waals surface area contributed by atoms with Gasteiger partial charge in [0.05, 0.1) is 4.47 Å². The van der Waals surface area contributed by atoms with Crippen LogP contribution in [0.15, 0.2) is 21.5 Å². The lowest BCUT2D eigenvalue weighted by Crippen LogP contribution is -1.86. The number of aromatic nitrogens is 4. The van der Waals surface area contributed by atoms with Crippen LogP contribution in [0.1, 0.15) is 0 Å². The third-order valence-corrected chi connectivity index (χ3v) is 2.29. The molecule has 0 fully saturated rings. The molecule has 13 heavy (non-hydrogen) atoms. The molecular formula is C6H2BrIN4O. The molecule has 0 atom stereocenters. The molecule has 0 bridgehead atoms. The average Bonchev–Trinajstić information content (AvgIpc) is 2.53. The van der Waals surface area contributed by atoms with E-state index in [-0.39, 0.29) is 0 Å². The van der Waals surface area contributed by atoms with E-state index < -0.39 is 0 Å². The smallest absolute Gasteiger partial charge is 0.278 e. The molecule has 0 N–H and O–H groups in total. The molecular weight excluding hydrogens is 351 g/mol. The summed E-state index contributed by atoms with van der Waals surface area (Å²) in [6.07, 6.45) is 3.05. The Bertz CT molecular complexity index is 432.